The van der Waals surface area contributed by atoms with E-state index in [0.29, 0.717) is 0 Å². The van der Waals surface area contributed by atoms with E-state index in [4.69, 9.17) is 14.2 Å². The zero-order chi connectivity index (χ0) is 18.9. The molecular formula is C20H28N2O4. The number of anilines is 1. The molecule has 1 aromatic carbocycles. The molecule has 1 aromatic rings. The summed E-state index contributed by atoms with van der Waals surface area (Å²) < 4.78 is 16.4. The van der Waals surface area contributed by atoms with Crippen molar-refractivity contribution in [3.63, 3.8) is 0 Å². The first-order valence-electron chi connectivity index (χ1n) is 9.07. The number of hydrogen-bond donors (Lipinski definition) is 0. The van der Waals surface area contributed by atoms with E-state index < -0.39 is 5.60 Å². The van der Waals surface area contributed by atoms with E-state index in [0.717, 1.165) is 24.3 Å². The molecule has 0 radical (unpaired) electrons. The molecule has 0 unspecified atom stereocenters. The van der Waals surface area contributed by atoms with Crippen LogP contribution in [0.3, 0.4) is 0 Å². The zero-order valence-corrected chi connectivity index (χ0v) is 16.1. The molecule has 0 aliphatic carbocycles. The van der Waals surface area contributed by atoms with Gasteiger partial charge in [0.05, 0.1) is 12.1 Å². The first kappa shape index (κ1) is 18.4. The summed E-state index contributed by atoms with van der Waals surface area (Å²) in [6.45, 7) is 11.3. The molecule has 2 aliphatic heterocycles. The standard InChI is InChI=1S/C20H28N2O4/c1-14-12-21(13-15(2)22(14)19(23)26-20(3,4)5)17-8-6-7-16(11-17)18-24-9-10-25-18/h6-11,14-15,18H,12-13H2,1-5H3/t14-,15+. The molecule has 1 amide bonds. The van der Waals surface area contributed by atoms with Gasteiger partial charge in [0.25, 0.3) is 6.29 Å². The Bertz CT molecular complexity index is 663. The van der Waals surface area contributed by atoms with Gasteiger partial charge in [-0.1, -0.05) is 12.1 Å². The van der Waals surface area contributed by atoms with Crippen molar-refractivity contribution in [3.8, 4) is 0 Å². The molecule has 0 N–H and O–H groups in total. The van der Waals surface area contributed by atoms with E-state index in [1.807, 2.05) is 37.8 Å². The molecule has 1 fully saturated rings. The molecule has 2 heterocycles. The van der Waals surface area contributed by atoms with Gasteiger partial charge in [-0.05, 0) is 46.8 Å². The van der Waals surface area contributed by atoms with Crippen LogP contribution in [0.1, 0.15) is 46.5 Å². The zero-order valence-electron chi connectivity index (χ0n) is 16.1. The molecule has 1 saturated heterocycles. The molecule has 2 aliphatic rings. The van der Waals surface area contributed by atoms with Crippen LogP contribution in [0, 0.1) is 0 Å². The molecule has 6 heteroatoms. The largest absolute Gasteiger partial charge is 0.455 e. The molecular weight excluding hydrogens is 332 g/mol. The topological polar surface area (TPSA) is 51.2 Å². The van der Waals surface area contributed by atoms with Crippen molar-refractivity contribution >= 4 is 11.8 Å². The minimum Gasteiger partial charge on any atom is -0.455 e. The fourth-order valence-electron chi connectivity index (χ4n) is 3.47. The van der Waals surface area contributed by atoms with Crippen molar-refractivity contribution in [1.29, 1.82) is 0 Å². The number of piperazine rings is 1. The number of benzene rings is 1. The summed E-state index contributed by atoms with van der Waals surface area (Å²) >= 11 is 0. The van der Waals surface area contributed by atoms with Crippen LogP contribution in [0.15, 0.2) is 36.8 Å². The van der Waals surface area contributed by atoms with Crippen LogP contribution >= 0.6 is 0 Å². The van der Waals surface area contributed by atoms with Gasteiger partial charge in [0.15, 0.2) is 0 Å². The summed E-state index contributed by atoms with van der Waals surface area (Å²) in [5.41, 5.74) is 1.59. The quantitative estimate of drug-likeness (QED) is 0.797. The average molecular weight is 360 g/mol. The van der Waals surface area contributed by atoms with Crippen molar-refractivity contribution in [2.45, 2.75) is 58.6 Å². The molecule has 142 valence electrons. The van der Waals surface area contributed by atoms with E-state index in [-0.39, 0.29) is 24.5 Å². The fourth-order valence-corrected chi connectivity index (χ4v) is 3.47. The highest BCUT2D eigenvalue weighted by molar-refractivity contribution is 5.69. The van der Waals surface area contributed by atoms with Gasteiger partial charge in [0, 0.05) is 24.3 Å². The van der Waals surface area contributed by atoms with Crippen molar-refractivity contribution in [2.24, 2.45) is 0 Å². The van der Waals surface area contributed by atoms with Gasteiger partial charge in [-0.3, -0.25) is 4.90 Å². The van der Waals surface area contributed by atoms with Gasteiger partial charge < -0.3 is 19.1 Å². The third kappa shape index (κ3) is 4.06. The summed E-state index contributed by atoms with van der Waals surface area (Å²) in [6.07, 6.45) is 2.49. The van der Waals surface area contributed by atoms with Crippen molar-refractivity contribution in [3.05, 3.63) is 42.4 Å². The second kappa shape index (κ2) is 7.09. The summed E-state index contributed by atoms with van der Waals surface area (Å²) in [5, 5.41) is 0. The average Bonchev–Trinajstić information content (AvgIpc) is 3.07. The SMILES string of the molecule is C[C@@H]1CN(c2cccc(C3OC=CO3)c2)C[C@H](C)N1C(=O)OC(C)(C)C. The lowest BCUT2D eigenvalue weighted by Crippen LogP contribution is -2.59. The minimum atomic E-state index is -0.489. The van der Waals surface area contributed by atoms with Crippen molar-refractivity contribution < 1.29 is 19.0 Å². The van der Waals surface area contributed by atoms with Crippen molar-refractivity contribution in [2.75, 3.05) is 18.0 Å². The maximum atomic E-state index is 12.6. The molecule has 0 spiro atoms. The van der Waals surface area contributed by atoms with E-state index in [9.17, 15) is 4.79 Å². The van der Waals surface area contributed by atoms with Gasteiger partial charge in [-0.15, -0.1) is 0 Å². The molecule has 0 aromatic heterocycles. The first-order chi connectivity index (χ1) is 12.2. The van der Waals surface area contributed by atoms with Crippen LogP contribution in [-0.4, -0.2) is 41.8 Å². The summed E-state index contributed by atoms with van der Waals surface area (Å²) in [4.78, 5) is 16.7. The Balaban J connectivity index is 1.71. The van der Waals surface area contributed by atoms with E-state index >= 15 is 0 Å². The third-order valence-electron chi connectivity index (χ3n) is 4.49. The van der Waals surface area contributed by atoms with Crippen LogP contribution in [0.25, 0.3) is 0 Å². The predicted molar refractivity (Wildman–Crippen MR) is 99.7 cm³/mol. The number of rotatable bonds is 2. The van der Waals surface area contributed by atoms with Gasteiger partial charge >= 0.3 is 6.09 Å². The summed E-state index contributed by atoms with van der Waals surface area (Å²) in [5.74, 6) is 0. The third-order valence-corrected chi connectivity index (χ3v) is 4.49. The maximum Gasteiger partial charge on any atom is 0.410 e. The van der Waals surface area contributed by atoms with Gasteiger partial charge in [0.1, 0.15) is 18.1 Å². The fraction of sp³-hybridized carbons (Fsp3) is 0.550. The monoisotopic (exact) mass is 360 g/mol. The molecule has 3 rings (SSSR count). The highest BCUT2D eigenvalue weighted by Gasteiger charge is 2.35. The first-order valence-corrected chi connectivity index (χ1v) is 9.07. The molecule has 2 atom stereocenters. The van der Waals surface area contributed by atoms with Gasteiger partial charge in [0.2, 0.25) is 0 Å². The van der Waals surface area contributed by atoms with Crippen LogP contribution in [-0.2, 0) is 14.2 Å². The second-order valence-electron chi connectivity index (χ2n) is 7.96. The number of hydrogen-bond acceptors (Lipinski definition) is 5. The molecule has 6 nitrogen and oxygen atoms in total. The Morgan fingerprint density at radius 2 is 1.73 bits per heavy atom. The van der Waals surface area contributed by atoms with E-state index in [2.05, 4.69) is 30.9 Å². The van der Waals surface area contributed by atoms with Gasteiger partial charge in [-0.25, -0.2) is 4.79 Å². The Morgan fingerprint density at radius 3 is 2.31 bits per heavy atom. The lowest BCUT2D eigenvalue weighted by atomic mass is 10.1. The number of carbonyl (C=O) groups excluding carboxylic acids is 1. The highest BCUT2D eigenvalue weighted by atomic mass is 16.7. The smallest absolute Gasteiger partial charge is 0.410 e. The predicted octanol–water partition coefficient (Wildman–Crippen LogP) is 4.04. The number of nitrogens with zero attached hydrogens (tertiary/aromatic N) is 2. The van der Waals surface area contributed by atoms with Crippen molar-refractivity contribution in [1.82, 2.24) is 4.90 Å². The normalized spacial score (nSPS) is 23.6. The Hall–Kier alpha value is -2.37. The molecule has 0 bridgehead atoms. The maximum absolute atomic E-state index is 12.6. The molecule has 26 heavy (non-hydrogen) atoms. The molecule has 0 saturated carbocycles. The van der Waals surface area contributed by atoms with Gasteiger partial charge in [-0.2, -0.15) is 0 Å². The minimum absolute atomic E-state index is 0.0536. The highest BCUT2D eigenvalue weighted by Crippen LogP contribution is 2.29. The lowest BCUT2D eigenvalue weighted by molar-refractivity contribution is -0.0245. The number of ether oxygens (including phenoxy) is 3. The number of carbonyl (C=O) groups is 1. The van der Waals surface area contributed by atoms with Crippen LogP contribution in [0.2, 0.25) is 0 Å². The van der Waals surface area contributed by atoms with Crippen LogP contribution in [0.4, 0.5) is 10.5 Å². The van der Waals surface area contributed by atoms with E-state index in [1.165, 1.54) is 0 Å². The van der Waals surface area contributed by atoms with Crippen LogP contribution in [0.5, 0.6) is 0 Å². The lowest BCUT2D eigenvalue weighted by Gasteiger charge is -2.45. The van der Waals surface area contributed by atoms with Crippen LogP contribution < -0.4 is 4.90 Å². The number of amides is 1. The van der Waals surface area contributed by atoms with E-state index in [1.54, 1.807) is 12.5 Å². The Morgan fingerprint density at radius 1 is 1.12 bits per heavy atom. The second-order valence-corrected chi connectivity index (χ2v) is 7.96. The summed E-state index contributed by atoms with van der Waals surface area (Å²) in [6, 6.07) is 8.26. The summed E-state index contributed by atoms with van der Waals surface area (Å²) in [7, 11) is 0. The Labute approximate surface area is 155 Å². The Kier molecular flexibility index (Phi) is 5.03.